The van der Waals surface area contributed by atoms with Gasteiger partial charge >= 0.3 is 19.8 Å². The Kier molecular flexibility index (Phi) is 29.4. The Morgan fingerprint density at radius 1 is 0.727 bits per heavy atom. The molecule has 0 radical (unpaired) electrons. The first kappa shape index (κ1) is 50.8. The molecule has 6 atom stereocenters. The molecule has 13 heteroatoms. The van der Waals surface area contributed by atoms with Crippen LogP contribution in [0.15, 0.2) is 36.5 Å². The van der Waals surface area contributed by atoms with Crippen molar-refractivity contribution in [2.24, 2.45) is 11.8 Å². The first-order chi connectivity index (χ1) is 26.4. The second kappa shape index (κ2) is 31.9. The zero-order chi connectivity index (χ0) is 40.7. The van der Waals surface area contributed by atoms with Gasteiger partial charge in [-0.05, 0) is 57.8 Å². The van der Waals surface area contributed by atoms with Gasteiger partial charge in [-0.3, -0.25) is 18.9 Å². The van der Waals surface area contributed by atoms with Crippen LogP contribution in [0.1, 0.15) is 162 Å². The van der Waals surface area contributed by atoms with Crippen LogP contribution in [0.4, 0.5) is 0 Å². The summed E-state index contributed by atoms with van der Waals surface area (Å²) in [6.45, 7) is 3.22. The van der Waals surface area contributed by atoms with Gasteiger partial charge in [0.05, 0.1) is 24.9 Å². The molecule has 12 nitrogen and oxygen atoms in total. The van der Waals surface area contributed by atoms with E-state index in [0.29, 0.717) is 25.7 Å². The highest BCUT2D eigenvalue weighted by Crippen LogP contribution is 2.37. The Labute approximate surface area is 330 Å². The number of hydrogen-bond donors (Lipinski definition) is 5. The molecule has 318 valence electrons. The molecule has 1 saturated carbocycles. The summed E-state index contributed by atoms with van der Waals surface area (Å²) >= 11 is 0. The number of phosphoric ester groups is 1. The Morgan fingerprint density at radius 2 is 1.31 bits per heavy atom. The fourth-order valence-electron chi connectivity index (χ4n) is 6.63. The minimum atomic E-state index is -4.86. The number of carbonyl (C=O) groups excluding carboxylic acids is 3. The number of aliphatic hydroxyl groups is 3. The van der Waals surface area contributed by atoms with Crippen molar-refractivity contribution >= 4 is 25.5 Å². The van der Waals surface area contributed by atoms with Crippen LogP contribution >= 0.6 is 7.82 Å². The number of allylic oxidation sites excluding steroid dienone is 4. The minimum absolute atomic E-state index is 0.0618. The fourth-order valence-corrected chi connectivity index (χ4v) is 6.99. The number of hydrogen-bond acceptors (Lipinski definition) is 10. The van der Waals surface area contributed by atoms with Crippen molar-refractivity contribution in [2.75, 3.05) is 13.2 Å². The summed E-state index contributed by atoms with van der Waals surface area (Å²) in [6.07, 6.45) is 26.4. The number of rotatable bonds is 34. The molecular formula is C42H73O12P. The number of aliphatic hydroxyl groups excluding tert-OH is 3. The summed E-state index contributed by atoms with van der Waals surface area (Å²) in [6, 6.07) is 0. The van der Waals surface area contributed by atoms with Crippen LogP contribution in [0.25, 0.3) is 0 Å². The van der Waals surface area contributed by atoms with E-state index in [9.17, 15) is 34.3 Å². The molecule has 1 aliphatic carbocycles. The van der Waals surface area contributed by atoms with Gasteiger partial charge in [-0.2, -0.15) is 0 Å². The Balaban J connectivity index is 2.33. The molecule has 0 heterocycles. The van der Waals surface area contributed by atoms with Crippen molar-refractivity contribution in [3.63, 3.8) is 0 Å². The molecule has 0 aromatic heterocycles. The first-order valence-corrected chi connectivity index (χ1v) is 22.5. The lowest BCUT2D eigenvalue weighted by molar-refractivity contribution is -0.161. The highest BCUT2D eigenvalue weighted by atomic mass is 31.2. The zero-order valence-corrected chi connectivity index (χ0v) is 34.5. The van der Waals surface area contributed by atoms with E-state index in [4.69, 9.17) is 19.3 Å². The third kappa shape index (κ3) is 28.0. The number of ether oxygens (including phenoxy) is 2. The average molecular weight is 801 g/mol. The predicted molar refractivity (Wildman–Crippen MR) is 214 cm³/mol. The number of ketones is 1. The number of Topliss-reactive ketones (excluding diaryl/α,β-unsaturated/α-hetero) is 1. The fraction of sp³-hybridized carbons (Fsp3) is 0.786. The van der Waals surface area contributed by atoms with Gasteiger partial charge in [-0.15, -0.1) is 0 Å². The Hall–Kier alpha value is -2.18. The van der Waals surface area contributed by atoms with Crippen molar-refractivity contribution in [1.29, 1.82) is 0 Å². The summed E-state index contributed by atoms with van der Waals surface area (Å²) in [5, 5.41) is 31.2. The van der Waals surface area contributed by atoms with Gasteiger partial charge < -0.3 is 34.6 Å². The monoisotopic (exact) mass is 800 g/mol. The third-order valence-corrected chi connectivity index (χ3v) is 10.3. The smallest absolute Gasteiger partial charge is 0.462 e. The SMILES string of the molecule is CCCCC/C=C\C/C=C\CCCCCCCCC(=O)OC[C@H](COP(=O)(O)O)OC(=O)CCCCC(=O)C[C@@H]1[C@@H](/C=C/[C@@H](O)CCCCC)[C@H](O)C[C@@H]1O. The van der Waals surface area contributed by atoms with Crippen LogP contribution in [0.2, 0.25) is 0 Å². The molecule has 0 aromatic carbocycles. The number of phosphoric acid groups is 1. The van der Waals surface area contributed by atoms with Gasteiger partial charge in [0.25, 0.3) is 0 Å². The van der Waals surface area contributed by atoms with E-state index in [-0.39, 0.29) is 37.9 Å². The third-order valence-electron chi connectivity index (χ3n) is 9.86. The molecule has 0 spiro atoms. The predicted octanol–water partition coefficient (Wildman–Crippen LogP) is 8.13. The summed E-state index contributed by atoms with van der Waals surface area (Å²) in [5.74, 6) is -2.22. The van der Waals surface area contributed by atoms with Crippen LogP contribution in [-0.4, -0.2) is 80.5 Å². The van der Waals surface area contributed by atoms with E-state index >= 15 is 0 Å². The lowest BCUT2D eigenvalue weighted by Crippen LogP contribution is -2.29. The van der Waals surface area contributed by atoms with Crippen molar-refractivity contribution in [1.82, 2.24) is 0 Å². The molecule has 0 saturated heterocycles. The van der Waals surface area contributed by atoms with E-state index in [1.54, 1.807) is 12.2 Å². The van der Waals surface area contributed by atoms with Crippen molar-refractivity contribution < 1.29 is 58.1 Å². The lowest BCUT2D eigenvalue weighted by Gasteiger charge is -2.20. The Bertz CT molecular complexity index is 1170. The maximum Gasteiger partial charge on any atom is 0.469 e. The van der Waals surface area contributed by atoms with Gasteiger partial charge in [0.1, 0.15) is 12.4 Å². The molecule has 1 aliphatic rings. The van der Waals surface area contributed by atoms with E-state index in [2.05, 4.69) is 42.7 Å². The van der Waals surface area contributed by atoms with Crippen LogP contribution in [0.3, 0.4) is 0 Å². The molecule has 5 N–H and O–H groups in total. The van der Waals surface area contributed by atoms with Crippen molar-refractivity contribution in [2.45, 2.75) is 186 Å². The highest BCUT2D eigenvalue weighted by molar-refractivity contribution is 7.46. The van der Waals surface area contributed by atoms with Gasteiger partial charge in [0, 0.05) is 43.9 Å². The summed E-state index contributed by atoms with van der Waals surface area (Å²) in [4.78, 5) is 55.8. The quantitative estimate of drug-likeness (QED) is 0.0182. The van der Waals surface area contributed by atoms with E-state index < -0.39 is 69.2 Å². The first-order valence-electron chi connectivity index (χ1n) is 21.0. The van der Waals surface area contributed by atoms with Gasteiger partial charge in [0.2, 0.25) is 0 Å². The normalized spacial score (nSPS) is 20.1. The minimum Gasteiger partial charge on any atom is -0.462 e. The Morgan fingerprint density at radius 3 is 1.98 bits per heavy atom. The number of carbonyl (C=O) groups is 3. The molecule has 0 unspecified atom stereocenters. The van der Waals surface area contributed by atoms with Crippen LogP contribution < -0.4 is 0 Å². The maximum atomic E-state index is 12.8. The summed E-state index contributed by atoms with van der Waals surface area (Å²) in [5.41, 5.74) is 0. The van der Waals surface area contributed by atoms with Crippen LogP contribution in [0.5, 0.6) is 0 Å². The molecule has 1 fully saturated rings. The van der Waals surface area contributed by atoms with E-state index in [1.165, 1.54) is 19.3 Å². The molecule has 1 rings (SSSR count). The average Bonchev–Trinajstić information content (AvgIpc) is 3.40. The topological polar surface area (TPSA) is 197 Å². The zero-order valence-electron chi connectivity index (χ0n) is 33.6. The number of unbranched alkanes of at least 4 members (excludes halogenated alkanes) is 12. The molecular weight excluding hydrogens is 727 g/mol. The lowest BCUT2D eigenvalue weighted by atomic mass is 9.87. The highest BCUT2D eigenvalue weighted by Gasteiger charge is 2.41. The summed E-state index contributed by atoms with van der Waals surface area (Å²) in [7, 11) is -4.86. The standard InChI is InChI=1S/C42H73O12P/c1-3-5-7-8-9-10-11-12-13-14-15-16-17-18-19-21-26-41(47)52-32-36(33-53-55(49,50)51)54-42(48)27-23-22-25-35(44)30-38-37(39(45)31-40(38)46)29-28-34(43)24-20-6-4-2/h9-10,12-13,28-29,34,36-40,43,45-46H,3-8,11,14-27,30-33H2,1-2H3,(H2,49,50,51)/b10-9-,13-12-,29-28+/t34-,36+,37+,38+,39+,40-/m0/s1. The van der Waals surface area contributed by atoms with Crippen LogP contribution in [-0.2, 0) is 32.9 Å². The van der Waals surface area contributed by atoms with Crippen LogP contribution in [0, 0.1) is 11.8 Å². The van der Waals surface area contributed by atoms with Gasteiger partial charge in [0.15, 0.2) is 6.10 Å². The van der Waals surface area contributed by atoms with Crippen molar-refractivity contribution in [3.8, 4) is 0 Å². The second-order valence-electron chi connectivity index (χ2n) is 14.9. The number of esters is 2. The molecule has 55 heavy (non-hydrogen) atoms. The maximum absolute atomic E-state index is 12.8. The van der Waals surface area contributed by atoms with E-state index in [1.807, 2.05) is 0 Å². The summed E-state index contributed by atoms with van der Waals surface area (Å²) < 4.78 is 26.3. The molecule has 0 aromatic rings. The van der Waals surface area contributed by atoms with Crippen molar-refractivity contribution in [3.05, 3.63) is 36.5 Å². The molecule has 0 amide bonds. The largest absolute Gasteiger partial charge is 0.469 e. The van der Waals surface area contributed by atoms with E-state index in [0.717, 1.165) is 70.6 Å². The molecule has 0 aliphatic heterocycles. The van der Waals surface area contributed by atoms with Gasteiger partial charge in [-0.1, -0.05) is 108 Å². The molecule has 0 bridgehead atoms. The second-order valence-corrected chi connectivity index (χ2v) is 16.2. The van der Waals surface area contributed by atoms with Gasteiger partial charge in [-0.25, -0.2) is 4.57 Å².